The van der Waals surface area contributed by atoms with Crippen LogP contribution in [0.2, 0.25) is 0 Å². The van der Waals surface area contributed by atoms with Gasteiger partial charge in [-0.1, -0.05) is 44.2 Å². The molecule has 2 nitrogen and oxygen atoms in total. The summed E-state index contributed by atoms with van der Waals surface area (Å²) < 4.78 is 20.6. The van der Waals surface area contributed by atoms with Crippen LogP contribution in [0.5, 0.6) is 0 Å². The van der Waals surface area contributed by atoms with Crippen molar-refractivity contribution in [3.8, 4) is 0 Å². The van der Waals surface area contributed by atoms with Gasteiger partial charge in [-0.3, -0.25) is 0 Å². The van der Waals surface area contributed by atoms with E-state index in [1.807, 2.05) is 12.1 Å². The van der Waals surface area contributed by atoms with Crippen LogP contribution in [0.1, 0.15) is 61.4 Å². The second-order valence-corrected chi connectivity index (χ2v) is 7.24. The Hall–Kier alpha value is -1.87. The van der Waals surface area contributed by atoms with Crippen LogP contribution in [0.3, 0.4) is 0 Å². The number of anilines is 1. The van der Waals surface area contributed by atoms with Crippen molar-refractivity contribution >= 4 is 5.69 Å². The number of nitrogens with one attached hydrogen (secondary N) is 1. The Balaban J connectivity index is 1.79. The molecule has 2 aromatic carbocycles. The number of benzene rings is 2. The molecule has 1 fully saturated rings. The quantitative estimate of drug-likeness (QED) is 0.778. The molecule has 0 saturated carbocycles. The normalized spacial score (nSPS) is 25.8. The van der Waals surface area contributed by atoms with Gasteiger partial charge in [0.25, 0.3) is 0 Å². The van der Waals surface area contributed by atoms with E-state index >= 15 is 0 Å². The fraction of sp³-hybridized carbons (Fsp3) is 0.429. The van der Waals surface area contributed by atoms with Gasteiger partial charge in [0.1, 0.15) is 5.82 Å². The minimum atomic E-state index is -0.137. The van der Waals surface area contributed by atoms with Crippen LogP contribution >= 0.6 is 0 Å². The van der Waals surface area contributed by atoms with Gasteiger partial charge in [0, 0.05) is 29.3 Å². The van der Waals surface area contributed by atoms with Gasteiger partial charge < -0.3 is 10.1 Å². The molecule has 2 aromatic rings. The Morgan fingerprint density at radius 1 is 1.12 bits per heavy atom. The molecular weight excluding hydrogens is 301 g/mol. The molecule has 2 heterocycles. The molecule has 126 valence electrons. The van der Waals surface area contributed by atoms with Crippen LogP contribution in [-0.4, -0.2) is 6.61 Å². The van der Waals surface area contributed by atoms with E-state index in [-0.39, 0.29) is 23.9 Å². The third kappa shape index (κ3) is 2.61. The molecule has 0 bridgehead atoms. The summed E-state index contributed by atoms with van der Waals surface area (Å²) in [4.78, 5) is 0. The third-order valence-electron chi connectivity index (χ3n) is 5.40. The maximum Gasteiger partial charge on any atom is 0.128 e. The molecule has 4 rings (SSSR count). The highest BCUT2D eigenvalue weighted by atomic mass is 19.1. The second-order valence-electron chi connectivity index (χ2n) is 7.24. The van der Waals surface area contributed by atoms with Crippen LogP contribution in [0.4, 0.5) is 10.1 Å². The minimum Gasteiger partial charge on any atom is -0.377 e. The topological polar surface area (TPSA) is 21.3 Å². The largest absolute Gasteiger partial charge is 0.377 e. The van der Waals surface area contributed by atoms with E-state index in [1.54, 1.807) is 12.1 Å². The first-order chi connectivity index (χ1) is 11.6. The van der Waals surface area contributed by atoms with Crippen LogP contribution in [0, 0.1) is 11.7 Å². The average molecular weight is 325 g/mol. The van der Waals surface area contributed by atoms with Crippen molar-refractivity contribution in [3.05, 3.63) is 65.0 Å². The maximum absolute atomic E-state index is 14.4. The zero-order valence-corrected chi connectivity index (χ0v) is 14.3. The molecule has 1 N–H and O–H groups in total. The van der Waals surface area contributed by atoms with Crippen molar-refractivity contribution in [2.45, 2.75) is 44.8 Å². The molecule has 2 aliphatic rings. The number of rotatable bonds is 2. The van der Waals surface area contributed by atoms with E-state index in [1.165, 1.54) is 11.1 Å². The van der Waals surface area contributed by atoms with Crippen molar-refractivity contribution in [2.75, 3.05) is 11.9 Å². The van der Waals surface area contributed by atoms with Crippen molar-refractivity contribution in [1.29, 1.82) is 0 Å². The Labute approximate surface area is 143 Å². The highest BCUT2D eigenvalue weighted by Gasteiger charge is 2.40. The van der Waals surface area contributed by atoms with Gasteiger partial charge in [0.05, 0.1) is 12.1 Å². The number of fused-ring (bicyclic) bond motifs is 3. The molecule has 1 saturated heterocycles. The van der Waals surface area contributed by atoms with Crippen molar-refractivity contribution in [1.82, 2.24) is 0 Å². The SMILES string of the molecule is CC(C)c1ccc2c(c1)[C@@H]1OCCC[C@@H]1[C@@H](c1ccccc1F)N2. The lowest BCUT2D eigenvalue weighted by Gasteiger charge is -2.43. The second kappa shape index (κ2) is 6.21. The molecule has 3 heteroatoms. The highest BCUT2D eigenvalue weighted by Crippen LogP contribution is 2.49. The first-order valence-corrected chi connectivity index (χ1v) is 8.91. The van der Waals surface area contributed by atoms with Crippen molar-refractivity contribution in [3.63, 3.8) is 0 Å². The first kappa shape index (κ1) is 15.6. The molecular formula is C21H24FNO. The lowest BCUT2D eigenvalue weighted by atomic mass is 9.77. The zero-order valence-electron chi connectivity index (χ0n) is 14.3. The molecule has 0 amide bonds. The van der Waals surface area contributed by atoms with Crippen LogP contribution in [0.25, 0.3) is 0 Å². The molecule has 3 atom stereocenters. The summed E-state index contributed by atoms with van der Waals surface area (Å²) in [6.45, 7) is 5.20. The molecule has 0 aliphatic carbocycles. The van der Waals surface area contributed by atoms with E-state index in [0.717, 1.165) is 30.7 Å². The lowest BCUT2D eigenvalue weighted by molar-refractivity contribution is -0.0384. The fourth-order valence-corrected chi connectivity index (χ4v) is 4.08. The van der Waals surface area contributed by atoms with Crippen LogP contribution in [-0.2, 0) is 4.74 Å². The minimum absolute atomic E-state index is 0.0334. The lowest BCUT2D eigenvalue weighted by Crippen LogP contribution is -2.36. The first-order valence-electron chi connectivity index (χ1n) is 8.91. The summed E-state index contributed by atoms with van der Waals surface area (Å²) in [5.41, 5.74) is 4.39. The van der Waals surface area contributed by atoms with Gasteiger partial charge in [-0.25, -0.2) is 4.39 Å². The fourth-order valence-electron chi connectivity index (χ4n) is 4.08. The van der Waals surface area contributed by atoms with Gasteiger partial charge in [-0.05, 0) is 36.5 Å². The van der Waals surface area contributed by atoms with Gasteiger partial charge in [0.15, 0.2) is 0 Å². The Bertz CT molecular complexity index is 742. The van der Waals surface area contributed by atoms with Crippen molar-refractivity contribution < 1.29 is 9.13 Å². The predicted octanol–water partition coefficient (Wildman–Crippen LogP) is 5.58. The predicted molar refractivity (Wildman–Crippen MR) is 94.7 cm³/mol. The molecule has 2 aliphatic heterocycles. The summed E-state index contributed by atoms with van der Waals surface area (Å²) in [6, 6.07) is 13.6. The highest BCUT2D eigenvalue weighted by molar-refractivity contribution is 5.58. The molecule has 0 unspecified atom stereocenters. The molecule has 0 aromatic heterocycles. The summed E-state index contributed by atoms with van der Waals surface area (Å²) in [5.74, 6) is 0.619. The smallest absolute Gasteiger partial charge is 0.128 e. The summed E-state index contributed by atoms with van der Waals surface area (Å²) >= 11 is 0. The van der Waals surface area contributed by atoms with Gasteiger partial charge in [-0.15, -0.1) is 0 Å². The monoisotopic (exact) mass is 325 g/mol. The summed E-state index contributed by atoms with van der Waals surface area (Å²) in [6.07, 6.45) is 2.15. The summed E-state index contributed by atoms with van der Waals surface area (Å²) in [7, 11) is 0. The van der Waals surface area contributed by atoms with Gasteiger partial charge in [-0.2, -0.15) is 0 Å². The van der Waals surface area contributed by atoms with Crippen LogP contribution in [0.15, 0.2) is 42.5 Å². The Morgan fingerprint density at radius 3 is 2.75 bits per heavy atom. The standard InChI is InChI=1S/C21H24FNO/c1-13(2)14-9-10-19-17(12-14)21-16(7-5-11-24-21)20(23-19)15-6-3-4-8-18(15)22/h3-4,6,8-10,12-13,16,20-21,23H,5,7,11H2,1-2H3/t16-,20-,21-/m1/s1. The van der Waals surface area contributed by atoms with Crippen LogP contribution < -0.4 is 5.32 Å². The number of hydrogen-bond acceptors (Lipinski definition) is 2. The van der Waals surface area contributed by atoms with E-state index in [0.29, 0.717) is 5.92 Å². The van der Waals surface area contributed by atoms with E-state index in [4.69, 9.17) is 4.74 Å². The number of halogens is 1. The molecule has 24 heavy (non-hydrogen) atoms. The number of hydrogen-bond donors (Lipinski definition) is 1. The third-order valence-corrected chi connectivity index (χ3v) is 5.40. The van der Waals surface area contributed by atoms with Gasteiger partial charge >= 0.3 is 0 Å². The van der Waals surface area contributed by atoms with E-state index < -0.39 is 0 Å². The maximum atomic E-state index is 14.4. The van der Waals surface area contributed by atoms with E-state index in [2.05, 4.69) is 37.4 Å². The molecule has 0 spiro atoms. The van der Waals surface area contributed by atoms with Crippen molar-refractivity contribution in [2.24, 2.45) is 5.92 Å². The summed E-state index contributed by atoms with van der Waals surface area (Å²) in [5, 5.41) is 3.60. The molecule has 0 radical (unpaired) electrons. The van der Waals surface area contributed by atoms with Gasteiger partial charge in [0.2, 0.25) is 0 Å². The van der Waals surface area contributed by atoms with E-state index in [9.17, 15) is 4.39 Å². The average Bonchev–Trinajstić information content (AvgIpc) is 2.61. The Morgan fingerprint density at radius 2 is 1.96 bits per heavy atom. The Kier molecular flexibility index (Phi) is 4.05. The zero-order chi connectivity index (χ0) is 16.7. The number of ether oxygens (including phenoxy) is 1.